The molecule has 0 N–H and O–H groups in total. The van der Waals surface area contributed by atoms with Gasteiger partial charge in [-0.05, 0) is 31.2 Å². The largest absolute Gasteiger partial charge is 0.416 e. The summed E-state index contributed by atoms with van der Waals surface area (Å²) in [4.78, 5) is 13.2. The minimum absolute atomic E-state index is 0.00143. The standard InChI is InChI=1S/C15H19F3N2O5S2/c1-11(26(2,22)23)14(21)19-7-9-20(10-8-19)27(24,25)13-5-3-12(4-6-13)15(16,17)18/h3-6,11H,7-10H2,1-2H3. The summed E-state index contributed by atoms with van der Waals surface area (Å²) in [5.74, 6) is -0.607. The predicted molar refractivity (Wildman–Crippen MR) is 91.1 cm³/mol. The van der Waals surface area contributed by atoms with Gasteiger partial charge in [0, 0.05) is 32.4 Å². The van der Waals surface area contributed by atoms with E-state index in [1.165, 1.54) is 11.8 Å². The second-order valence-electron chi connectivity index (χ2n) is 6.22. The number of amides is 1. The first-order valence-corrected chi connectivity index (χ1v) is 11.3. The lowest BCUT2D eigenvalue weighted by atomic mass is 10.2. The summed E-state index contributed by atoms with van der Waals surface area (Å²) in [6, 6.07) is 3.17. The van der Waals surface area contributed by atoms with Gasteiger partial charge in [-0.3, -0.25) is 4.79 Å². The Hall–Kier alpha value is -1.66. The van der Waals surface area contributed by atoms with Crippen LogP contribution in [0.15, 0.2) is 29.2 Å². The first-order chi connectivity index (χ1) is 12.2. The van der Waals surface area contributed by atoms with Crippen molar-refractivity contribution >= 4 is 25.8 Å². The zero-order valence-electron chi connectivity index (χ0n) is 14.6. The molecule has 1 atom stereocenters. The molecule has 0 aliphatic carbocycles. The molecule has 0 spiro atoms. The van der Waals surface area contributed by atoms with Crippen molar-refractivity contribution in [1.29, 1.82) is 0 Å². The maximum absolute atomic E-state index is 12.6. The third-order valence-corrected chi connectivity index (χ3v) is 7.76. The molecule has 1 aromatic carbocycles. The van der Waals surface area contributed by atoms with Crippen LogP contribution < -0.4 is 0 Å². The third-order valence-electron chi connectivity index (χ3n) is 4.36. The molecular weight excluding hydrogens is 409 g/mol. The Morgan fingerprint density at radius 3 is 1.89 bits per heavy atom. The van der Waals surface area contributed by atoms with Crippen LogP contribution in [0, 0.1) is 0 Å². The zero-order valence-corrected chi connectivity index (χ0v) is 16.2. The molecule has 1 saturated heterocycles. The highest BCUT2D eigenvalue weighted by Crippen LogP contribution is 2.30. The third kappa shape index (κ3) is 4.79. The van der Waals surface area contributed by atoms with Crippen molar-refractivity contribution in [2.24, 2.45) is 0 Å². The van der Waals surface area contributed by atoms with Crippen LogP contribution in [0.1, 0.15) is 12.5 Å². The van der Waals surface area contributed by atoms with Crippen molar-refractivity contribution < 1.29 is 34.8 Å². The number of hydrogen-bond donors (Lipinski definition) is 0. The van der Waals surface area contributed by atoms with Gasteiger partial charge in [-0.2, -0.15) is 17.5 Å². The van der Waals surface area contributed by atoms with Crippen LogP contribution in [0.5, 0.6) is 0 Å². The summed E-state index contributed by atoms with van der Waals surface area (Å²) in [7, 11) is -7.58. The van der Waals surface area contributed by atoms with Crippen LogP contribution in [0.25, 0.3) is 0 Å². The number of sulfonamides is 1. The maximum Gasteiger partial charge on any atom is 0.416 e. The number of piperazine rings is 1. The van der Waals surface area contributed by atoms with Crippen molar-refractivity contribution in [3.05, 3.63) is 29.8 Å². The van der Waals surface area contributed by atoms with E-state index in [2.05, 4.69) is 0 Å². The predicted octanol–water partition coefficient (Wildman–Crippen LogP) is 0.971. The Morgan fingerprint density at radius 2 is 1.48 bits per heavy atom. The molecule has 1 fully saturated rings. The lowest BCUT2D eigenvalue weighted by Crippen LogP contribution is -2.53. The monoisotopic (exact) mass is 428 g/mol. The van der Waals surface area contributed by atoms with E-state index < -0.39 is 42.8 Å². The van der Waals surface area contributed by atoms with Crippen molar-refractivity contribution in [1.82, 2.24) is 9.21 Å². The second kappa shape index (κ2) is 7.40. The van der Waals surface area contributed by atoms with Gasteiger partial charge in [0.05, 0.1) is 10.5 Å². The number of benzene rings is 1. The van der Waals surface area contributed by atoms with Crippen LogP contribution in [0.3, 0.4) is 0 Å². The first kappa shape index (κ1) is 21.6. The SMILES string of the molecule is CC(C(=O)N1CCN(S(=O)(=O)c2ccc(C(F)(F)F)cc2)CC1)S(C)(=O)=O. The molecule has 0 bridgehead atoms. The van der Waals surface area contributed by atoms with E-state index in [1.807, 2.05) is 0 Å². The van der Waals surface area contributed by atoms with E-state index in [0.29, 0.717) is 12.1 Å². The molecule has 1 unspecified atom stereocenters. The molecule has 1 aromatic rings. The van der Waals surface area contributed by atoms with Crippen molar-refractivity contribution in [3.8, 4) is 0 Å². The Bertz CT molecular complexity index is 904. The average molecular weight is 428 g/mol. The van der Waals surface area contributed by atoms with E-state index in [-0.39, 0.29) is 31.1 Å². The number of carbonyl (C=O) groups excluding carboxylic acids is 1. The van der Waals surface area contributed by atoms with Crippen LogP contribution in [-0.4, -0.2) is 69.6 Å². The van der Waals surface area contributed by atoms with Gasteiger partial charge in [-0.25, -0.2) is 16.8 Å². The number of rotatable bonds is 4. The summed E-state index contributed by atoms with van der Waals surface area (Å²) in [6.07, 6.45) is -3.62. The Balaban J connectivity index is 2.09. The summed E-state index contributed by atoms with van der Waals surface area (Å²) in [5.41, 5.74) is -0.952. The fourth-order valence-corrected chi connectivity index (χ4v) is 4.49. The Kier molecular flexibility index (Phi) is 5.93. The lowest BCUT2D eigenvalue weighted by molar-refractivity contribution is -0.137. The highest BCUT2D eigenvalue weighted by Gasteiger charge is 2.35. The number of hydrogen-bond acceptors (Lipinski definition) is 5. The minimum atomic E-state index is -4.56. The van der Waals surface area contributed by atoms with Crippen molar-refractivity contribution in [2.75, 3.05) is 32.4 Å². The molecule has 1 amide bonds. The molecule has 1 heterocycles. The van der Waals surface area contributed by atoms with Gasteiger partial charge < -0.3 is 4.90 Å². The summed E-state index contributed by atoms with van der Waals surface area (Å²) in [6.45, 7) is 1.11. The normalized spacial score (nSPS) is 18.3. The average Bonchev–Trinajstić information content (AvgIpc) is 2.59. The Labute approximate surface area is 155 Å². The number of alkyl halides is 3. The van der Waals surface area contributed by atoms with E-state index in [0.717, 1.165) is 22.7 Å². The molecule has 7 nitrogen and oxygen atoms in total. The quantitative estimate of drug-likeness (QED) is 0.713. The molecule has 27 heavy (non-hydrogen) atoms. The zero-order chi connectivity index (χ0) is 20.6. The lowest BCUT2D eigenvalue weighted by Gasteiger charge is -2.35. The maximum atomic E-state index is 12.6. The molecule has 0 radical (unpaired) electrons. The fraction of sp³-hybridized carbons (Fsp3) is 0.533. The number of nitrogens with zero attached hydrogens (tertiary/aromatic N) is 2. The highest BCUT2D eigenvalue weighted by atomic mass is 32.2. The van der Waals surface area contributed by atoms with Gasteiger partial charge in [0.2, 0.25) is 15.9 Å². The van der Waals surface area contributed by atoms with E-state index >= 15 is 0 Å². The topological polar surface area (TPSA) is 91.8 Å². The second-order valence-corrected chi connectivity index (χ2v) is 10.5. The van der Waals surface area contributed by atoms with Gasteiger partial charge in [0.25, 0.3) is 0 Å². The number of halogens is 3. The van der Waals surface area contributed by atoms with Gasteiger partial charge in [-0.1, -0.05) is 0 Å². The van der Waals surface area contributed by atoms with E-state index in [4.69, 9.17) is 0 Å². The highest BCUT2D eigenvalue weighted by molar-refractivity contribution is 7.92. The number of carbonyl (C=O) groups is 1. The van der Waals surface area contributed by atoms with Crippen molar-refractivity contribution in [3.63, 3.8) is 0 Å². The van der Waals surface area contributed by atoms with Gasteiger partial charge >= 0.3 is 6.18 Å². The summed E-state index contributed by atoms with van der Waals surface area (Å²) >= 11 is 0. The fourth-order valence-electron chi connectivity index (χ4n) is 2.55. The summed E-state index contributed by atoms with van der Waals surface area (Å²) < 4.78 is 87.0. The molecule has 12 heteroatoms. The molecule has 0 aromatic heterocycles. The molecule has 1 aliphatic rings. The molecule has 152 valence electrons. The van der Waals surface area contributed by atoms with Crippen LogP contribution >= 0.6 is 0 Å². The number of sulfone groups is 1. The van der Waals surface area contributed by atoms with E-state index in [1.54, 1.807) is 0 Å². The minimum Gasteiger partial charge on any atom is -0.339 e. The molecule has 2 rings (SSSR count). The Morgan fingerprint density at radius 1 is 1.00 bits per heavy atom. The van der Waals surface area contributed by atoms with Gasteiger partial charge in [0.1, 0.15) is 5.25 Å². The molecule has 1 aliphatic heterocycles. The van der Waals surface area contributed by atoms with Gasteiger partial charge in [-0.15, -0.1) is 0 Å². The first-order valence-electron chi connectivity index (χ1n) is 7.89. The van der Waals surface area contributed by atoms with Crippen LogP contribution in [0.2, 0.25) is 0 Å². The molecular formula is C15H19F3N2O5S2. The molecule has 0 saturated carbocycles. The smallest absolute Gasteiger partial charge is 0.339 e. The van der Waals surface area contributed by atoms with E-state index in [9.17, 15) is 34.8 Å². The summed E-state index contributed by atoms with van der Waals surface area (Å²) in [5, 5.41) is -1.23. The van der Waals surface area contributed by atoms with Crippen LogP contribution in [-0.2, 0) is 30.8 Å². The van der Waals surface area contributed by atoms with Crippen LogP contribution in [0.4, 0.5) is 13.2 Å². The van der Waals surface area contributed by atoms with Crippen molar-refractivity contribution in [2.45, 2.75) is 23.2 Å². The van der Waals surface area contributed by atoms with Gasteiger partial charge in [0.15, 0.2) is 9.84 Å².